The molecule has 1 atom stereocenters. The first-order chi connectivity index (χ1) is 8.37. The summed E-state index contributed by atoms with van der Waals surface area (Å²) in [5.74, 6) is -1.56. The molecule has 7 nitrogen and oxygen atoms in total. The van der Waals surface area contributed by atoms with Gasteiger partial charge in [-0.2, -0.15) is 0 Å². The predicted molar refractivity (Wildman–Crippen MR) is 63.8 cm³/mol. The van der Waals surface area contributed by atoms with Crippen LogP contribution in [-0.4, -0.2) is 34.6 Å². The quantitative estimate of drug-likeness (QED) is 0.564. The van der Waals surface area contributed by atoms with E-state index in [2.05, 4.69) is 10.6 Å². The van der Waals surface area contributed by atoms with Crippen LogP contribution in [0.1, 0.15) is 39.0 Å². The van der Waals surface area contributed by atoms with Crippen molar-refractivity contribution in [2.24, 2.45) is 5.73 Å². The van der Waals surface area contributed by atoms with Gasteiger partial charge in [-0.15, -0.1) is 0 Å². The second-order valence-electron chi connectivity index (χ2n) is 4.67. The molecule has 5 N–H and O–H groups in total. The van der Waals surface area contributed by atoms with Gasteiger partial charge in [0, 0.05) is 0 Å². The van der Waals surface area contributed by atoms with Crippen molar-refractivity contribution in [1.82, 2.24) is 10.6 Å². The maximum Gasteiger partial charge on any atom is 0.329 e. The van der Waals surface area contributed by atoms with E-state index in [1.54, 1.807) is 0 Å². The molecule has 102 valence electrons. The lowest BCUT2D eigenvalue weighted by Crippen LogP contribution is -2.59. The molecular weight excluding hydrogens is 238 g/mol. The number of aliphatic carboxylic acids is 1. The maximum absolute atomic E-state index is 11.8. The Balaban J connectivity index is 2.69. The van der Waals surface area contributed by atoms with Gasteiger partial charge in [0.25, 0.3) is 0 Å². The van der Waals surface area contributed by atoms with Gasteiger partial charge in [0.2, 0.25) is 5.91 Å². The molecule has 1 fully saturated rings. The first-order valence-corrected chi connectivity index (χ1v) is 5.99. The molecule has 0 aromatic rings. The minimum atomic E-state index is -1.21. The van der Waals surface area contributed by atoms with Crippen molar-refractivity contribution in [3.63, 3.8) is 0 Å². The third-order valence-corrected chi connectivity index (χ3v) is 3.23. The number of nitrogens with one attached hydrogen (secondary N) is 2. The minimum absolute atomic E-state index is 0.414. The number of nitrogens with two attached hydrogens (primary N) is 1. The van der Waals surface area contributed by atoms with Crippen LogP contribution in [0.15, 0.2) is 0 Å². The van der Waals surface area contributed by atoms with Crippen LogP contribution in [0.25, 0.3) is 0 Å². The zero-order valence-corrected chi connectivity index (χ0v) is 10.4. The van der Waals surface area contributed by atoms with Gasteiger partial charge >= 0.3 is 12.0 Å². The van der Waals surface area contributed by atoms with E-state index in [1.807, 2.05) is 0 Å². The molecule has 3 amide bonds. The Labute approximate surface area is 105 Å². The van der Waals surface area contributed by atoms with Crippen molar-refractivity contribution >= 4 is 17.9 Å². The van der Waals surface area contributed by atoms with Crippen LogP contribution in [0.5, 0.6) is 0 Å². The number of amides is 3. The number of hydrogen-bond acceptors (Lipinski definition) is 3. The van der Waals surface area contributed by atoms with Crippen LogP contribution in [0, 0.1) is 0 Å². The van der Waals surface area contributed by atoms with Gasteiger partial charge in [0.05, 0.1) is 0 Å². The molecule has 7 heteroatoms. The van der Waals surface area contributed by atoms with E-state index in [-0.39, 0.29) is 0 Å². The van der Waals surface area contributed by atoms with Gasteiger partial charge in [0.15, 0.2) is 0 Å². The molecular formula is C11H19N3O4. The van der Waals surface area contributed by atoms with Crippen LogP contribution < -0.4 is 16.4 Å². The topological polar surface area (TPSA) is 122 Å². The number of hydrogen-bond donors (Lipinski definition) is 4. The summed E-state index contributed by atoms with van der Waals surface area (Å²) in [6.45, 7) is 1.46. The Bertz CT molecular complexity index is 350. The zero-order valence-electron chi connectivity index (χ0n) is 10.4. The lowest BCUT2D eigenvalue weighted by atomic mass is 9.81. The van der Waals surface area contributed by atoms with Gasteiger partial charge < -0.3 is 21.5 Å². The molecule has 1 aliphatic carbocycles. The summed E-state index contributed by atoms with van der Waals surface area (Å²) in [7, 11) is 0. The van der Waals surface area contributed by atoms with Gasteiger partial charge in [0.1, 0.15) is 11.6 Å². The average Bonchev–Trinajstić information content (AvgIpc) is 2.29. The Kier molecular flexibility index (Phi) is 4.52. The monoisotopic (exact) mass is 257 g/mol. The van der Waals surface area contributed by atoms with E-state index in [0.717, 1.165) is 19.3 Å². The van der Waals surface area contributed by atoms with Crippen LogP contribution >= 0.6 is 0 Å². The molecule has 18 heavy (non-hydrogen) atoms. The SMILES string of the molecule is CC(NC(N)=O)C(=O)NC1(C(=O)O)CCCCC1. The van der Waals surface area contributed by atoms with Crippen molar-refractivity contribution in [1.29, 1.82) is 0 Å². The summed E-state index contributed by atoms with van der Waals surface area (Å²) in [5, 5.41) is 14.0. The highest BCUT2D eigenvalue weighted by Crippen LogP contribution is 2.28. The van der Waals surface area contributed by atoms with Crippen molar-refractivity contribution < 1.29 is 19.5 Å². The number of carboxylic acids is 1. The van der Waals surface area contributed by atoms with E-state index < -0.39 is 29.5 Å². The van der Waals surface area contributed by atoms with Crippen LogP contribution in [-0.2, 0) is 9.59 Å². The molecule has 0 aromatic carbocycles. The average molecular weight is 257 g/mol. The third-order valence-electron chi connectivity index (χ3n) is 3.23. The van der Waals surface area contributed by atoms with Gasteiger partial charge in [-0.05, 0) is 19.8 Å². The number of carbonyl (C=O) groups is 3. The largest absolute Gasteiger partial charge is 0.480 e. The Morgan fingerprint density at radius 1 is 1.22 bits per heavy atom. The highest BCUT2D eigenvalue weighted by molar-refractivity contribution is 5.91. The second-order valence-corrected chi connectivity index (χ2v) is 4.67. The Morgan fingerprint density at radius 2 is 1.78 bits per heavy atom. The molecule has 0 aromatic heterocycles. The van der Waals surface area contributed by atoms with Crippen molar-refractivity contribution in [3.8, 4) is 0 Å². The van der Waals surface area contributed by atoms with Crippen LogP contribution in [0.3, 0.4) is 0 Å². The standard InChI is InChI=1S/C11H19N3O4/c1-7(13-10(12)18)8(15)14-11(9(16)17)5-3-2-4-6-11/h7H,2-6H2,1H3,(H,14,15)(H,16,17)(H3,12,13,18). The molecule has 0 aliphatic heterocycles. The van der Waals surface area contributed by atoms with E-state index in [9.17, 15) is 19.5 Å². The number of urea groups is 1. The van der Waals surface area contributed by atoms with Gasteiger partial charge in [-0.25, -0.2) is 9.59 Å². The number of rotatable bonds is 4. The fraction of sp³-hybridized carbons (Fsp3) is 0.727. The van der Waals surface area contributed by atoms with E-state index in [4.69, 9.17) is 5.73 Å². The molecule has 1 unspecified atom stereocenters. The lowest BCUT2D eigenvalue weighted by Gasteiger charge is -2.34. The molecule has 0 heterocycles. The maximum atomic E-state index is 11.8. The first-order valence-electron chi connectivity index (χ1n) is 5.99. The number of carbonyl (C=O) groups excluding carboxylic acids is 2. The Morgan fingerprint density at radius 3 is 2.22 bits per heavy atom. The molecule has 1 aliphatic rings. The zero-order chi connectivity index (χ0) is 13.8. The van der Waals surface area contributed by atoms with E-state index in [0.29, 0.717) is 12.8 Å². The molecule has 0 bridgehead atoms. The fourth-order valence-electron chi connectivity index (χ4n) is 2.17. The predicted octanol–water partition coefficient (Wildman–Crippen LogP) is -0.0531. The lowest BCUT2D eigenvalue weighted by molar-refractivity contribution is -0.149. The summed E-state index contributed by atoms with van der Waals surface area (Å²) < 4.78 is 0. The van der Waals surface area contributed by atoms with Gasteiger partial charge in [-0.1, -0.05) is 19.3 Å². The third kappa shape index (κ3) is 3.35. The van der Waals surface area contributed by atoms with Crippen LogP contribution in [0.2, 0.25) is 0 Å². The molecule has 1 saturated carbocycles. The summed E-state index contributed by atoms with van der Waals surface area (Å²) in [4.78, 5) is 33.8. The normalized spacial score (nSPS) is 19.6. The molecule has 0 saturated heterocycles. The van der Waals surface area contributed by atoms with Crippen molar-refractivity contribution in [3.05, 3.63) is 0 Å². The smallest absolute Gasteiger partial charge is 0.329 e. The summed E-state index contributed by atoms with van der Waals surface area (Å²) in [6.07, 6.45) is 3.34. The second kappa shape index (κ2) is 5.70. The summed E-state index contributed by atoms with van der Waals surface area (Å²) in [5.41, 5.74) is 3.71. The van der Waals surface area contributed by atoms with E-state index >= 15 is 0 Å². The van der Waals surface area contributed by atoms with E-state index in [1.165, 1.54) is 6.92 Å². The molecule has 1 rings (SSSR count). The Hall–Kier alpha value is -1.79. The summed E-state index contributed by atoms with van der Waals surface area (Å²) in [6, 6.07) is -1.66. The first kappa shape index (κ1) is 14.3. The molecule has 0 spiro atoms. The van der Waals surface area contributed by atoms with Crippen molar-refractivity contribution in [2.45, 2.75) is 50.6 Å². The minimum Gasteiger partial charge on any atom is -0.480 e. The highest BCUT2D eigenvalue weighted by atomic mass is 16.4. The fourth-order valence-corrected chi connectivity index (χ4v) is 2.17. The number of carboxylic acid groups (broad SMARTS) is 1. The summed E-state index contributed by atoms with van der Waals surface area (Å²) >= 11 is 0. The van der Waals surface area contributed by atoms with Crippen LogP contribution in [0.4, 0.5) is 4.79 Å². The molecule has 0 radical (unpaired) electrons. The number of primary amides is 1. The van der Waals surface area contributed by atoms with Gasteiger partial charge in [-0.3, -0.25) is 4.79 Å². The van der Waals surface area contributed by atoms with Crippen molar-refractivity contribution in [2.75, 3.05) is 0 Å². The highest BCUT2D eigenvalue weighted by Gasteiger charge is 2.41.